The van der Waals surface area contributed by atoms with Gasteiger partial charge in [0.25, 0.3) is 0 Å². The Morgan fingerprint density at radius 1 is 1.09 bits per heavy atom. The van der Waals surface area contributed by atoms with Gasteiger partial charge in [-0.25, -0.2) is 9.59 Å². The number of carbonyl (C=O) groups excluding carboxylic acids is 2. The lowest BCUT2D eigenvalue weighted by Gasteiger charge is -2.38. The van der Waals surface area contributed by atoms with Gasteiger partial charge in [0.1, 0.15) is 0 Å². The highest BCUT2D eigenvalue weighted by Gasteiger charge is 2.35. The summed E-state index contributed by atoms with van der Waals surface area (Å²) in [6, 6.07) is 14.7. The first-order valence-corrected chi connectivity index (χ1v) is 11.0. The van der Waals surface area contributed by atoms with Crippen LogP contribution in [0.3, 0.4) is 0 Å². The third-order valence-electron chi connectivity index (χ3n) is 5.93. The Hall–Kier alpha value is -3.03. The van der Waals surface area contributed by atoms with Crippen molar-refractivity contribution >= 4 is 29.3 Å². The van der Waals surface area contributed by atoms with Crippen molar-refractivity contribution in [2.24, 2.45) is 0 Å². The zero-order valence-corrected chi connectivity index (χ0v) is 19.0. The number of halogens is 1. The summed E-state index contributed by atoms with van der Waals surface area (Å²) in [4.78, 5) is 29.8. The van der Waals surface area contributed by atoms with E-state index in [9.17, 15) is 9.59 Å². The number of piperazine rings is 1. The van der Waals surface area contributed by atoms with Crippen LogP contribution in [-0.4, -0.2) is 56.7 Å². The van der Waals surface area contributed by atoms with Gasteiger partial charge in [-0.2, -0.15) is 0 Å². The van der Waals surface area contributed by atoms with Gasteiger partial charge in [0, 0.05) is 49.1 Å². The lowest BCUT2D eigenvalue weighted by atomic mass is 9.95. The van der Waals surface area contributed by atoms with Crippen molar-refractivity contribution in [3.63, 3.8) is 0 Å². The SMILES string of the molecule is COC(=O)C1=C(CN2CCN(c3ccc(C)cc3)CC2)NC(=O)N[C@@H]1c1ccccc1Cl. The lowest BCUT2D eigenvalue weighted by Crippen LogP contribution is -2.51. The van der Waals surface area contributed by atoms with Gasteiger partial charge >= 0.3 is 12.0 Å². The molecule has 8 heteroatoms. The van der Waals surface area contributed by atoms with Crippen molar-refractivity contribution < 1.29 is 14.3 Å². The van der Waals surface area contributed by atoms with Crippen molar-refractivity contribution in [2.45, 2.75) is 13.0 Å². The predicted octanol–water partition coefficient (Wildman–Crippen LogP) is 3.25. The number of esters is 1. The van der Waals surface area contributed by atoms with Crippen LogP contribution in [0.15, 0.2) is 59.8 Å². The van der Waals surface area contributed by atoms with Crippen LogP contribution < -0.4 is 15.5 Å². The minimum absolute atomic E-state index is 0.365. The van der Waals surface area contributed by atoms with E-state index in [1.165, 1.54) is 18.4 Å². The first-order chi connectivity index (χ1) is 15.5. The third kappa shape index (κ3) is 4.74. The molecule has 0 aromatic heterocycles. The molecular weight excluding hydrogens is 428 g/mol. The Kier molecular flexibility index (Phi) is 6.67. The van der Waals surface area contributed by atoms with Gasteiger partial charge in [0.2, 0.25) is 0 Å². The summed E-state index contributed by atoms with van der Waals surface area (Å²) in [6.07, 6.45) is 0. The van der Waals surface area contributed by atoms with E-state index in [2.05, 4.69) is 51.6 Å². The standard InChI is InChI=1S/C24H27ClN4O3/c1-16-7-9-17(10-8-16)29-13-11-28(12-14-29)15-20-21(23(30)32-2)22(27-24(31)26-20)18-5-3-4-6-19(18)25/h3-10,22H,11-15H2,1-2H3,(H2,26,27,31)/t22-/m1/s1. The molecule has 2 heterocycles. The van der Waals surface area contributed by atoms with Gasteiger partial charge in [-0.1, -0.05) is 47.5 Å². The monoisotopic (exact) mass is 454 g/mol. The van der Waals surface area contributed by atoms with E-state index in [-0.39, 0.29) is 6.03 Å². The second-order valence-corrected chi connectivity index (χ2v) is 8.44. The van der Waals surface area contributed by atoms with E-state index in [1.54, 1.807) is 12.1 Å². The molecule has 0 unspecified atom stereocenters. The molecule has 2 N–H and O–H groups in total. The Bertz CT molecular complexity index is 1030. The zero-order valence-electron chi connectivity index (χ0n) is 18.2. The number of anilines is 1. The second-order valence-electron chi connectivity index (χ2n) is 8.04. The van der Waals surface area contributed by atoms with E-state index in [1.807, 2.05) is 12.1 Å². The molecule has 4 rings (SSSR count). The van der Waals surface area contributed by atoms with Crippen molar-refractivity contribution in [3.8, 4) is 0 Å². The maximum Gasteiger partial charge on any atom is 0.338 e. The van der Waals surface area contributed by atoms with Crippen LogP contribution in [0.4, 0.5) is 10.5 Å². The molecule has 1 fully saturated rings. The number of amides is 2. The number of hydrogen-bond donors (Lipinski definition) is 2. The molecule has 2 aromatic rings. The van der Waals surface area contributed by atoms with Crippen LogP contribution in [0.1, 0.15) is 17.2 Å². The number of methoxy groups -OCH3 is 1. The van der Waals surface area contributed by atoms with Gasteiger partial charge in [0.15, 0.2) is 0 Å². The summed E-state index contributed by atoms with van der Waals surface area (Å²) in [7, 11) is 1.34. The van der Waals surface area contributed by atoms with Crippen molar-refractivity contribution in [3.05, 3.63) is 76.0 Å². The molecule has 0 radical (unpaired) electrons. The van der Waals surface area contributed by atoms with E-state index >= 15 is 0 Å². The molecule has 2 aliphatic heterocycles. The average Bonchev–Trinajstić information content (AvgIpc) is 2.80. The van der Waals surface area contributed by atoms with E-state index in [0.717, 1.165) is 26.2 Å². The molecule has 1 atom stereocenters. The Labute approximate surface area is 193 Å². The number of nitrogens with one attached hydrogen (secondary N) is 2. The minimum Gasteiger partial charge on any atom is -0.466 e. The fraction of sp³-hybridized carbons (Fsp3) is 0.333. The number of aryl methyl sites for hydroxylation is 1. The summed E-state index contributed by atoms with van der Waals surface area (Å²) in [5.41, 5.74) is 4.03. The summed E-state index contributed by atoms with van der Waals surface area (Å²) in [5.74, 6) is -0.490. The van der Waals surface area contributed by atoms with Crippen molar-refractivity contribution in [1.29, 1.82) is 0 Å². The maximum absolute atomic E-state index is 12.7. The molecule has 1 saturated heterocycles. The largest absolute Gasteiger partial charge is 0.466 e. The molecule has 0 bridgehead atoms. The summed E-state index contributed by atoms with van der Waals surface area (Å²) in [5, 5.41) is 6.13. The molecule has 0 spiro atoms. The van der Waals surface area contributed by atoms with Gasteiger partial charge in [-0.15, -0.1) is 0 Å². The molecule has 7 nitrogen and oxygen atoms in total. The smallest absolute Gasteiger partial charge is 0.338 e. The number of nitrogens with zero attached hydrogens (tertiary/aromatic N) is 2. The van der Waals surface area contributed by atoms with Crippen LogP contribution in [0, 0.1) is 6.92 Å². The topological polar surface area (TPSA) is 73.9 Å². The van der Waals surface area contributed by atoms with E-state index in [4.69, 9.17) is 16.3 Å². The summed E-state index contributed by atoms with van der Waals surface area (Å²) < 4.78 is 5.06. The van der Waals surface area contributed by atoms with Crippen LogP contribution in [0.2, 0.25) is 5.02 Å². The minimum atomic E-state index is -0.672. The molecule has 2 aromatic carbocycles. The van der Waals surface area contributed by atoms with Crippen LogP contribution >= 0.6 is 11.6 Å². The number of benzene rings is 2. The molecule has 0 saturated carbocycles. The Morgan fingerprint density at radius 3 is 2.44 bits per heavy atom. The molecule has 168 valence electrons. The molecule has 2 aliphatic rings. The van der Waals surface area contributed by atoms with Gasteiger partial charge in [-0.3, -0.25) is 4.90 Å². The second kappa shape index (κ2) is 9.63. The predicted molar refractivity (Wildman–Crippen MR) is 125 cm³/mol. The van der Waals surface area contributed by atoms with Crippen molar-refractivity contribution in [2.75, 3.05) is 44.7 Å². The number of hydrogen-bond acceptors (Lipinski definition) is 5. The fourth-order valence-electron chi connectivity index (χ4n) is 4.18. The van der Waals surface area contributed by atoms with Crippen molar-refractivity contribution in [1.82, 2.24) is 15.5 Å². The van der Waals surface area contributed by atoms with Gasteiger partial charge < -0.3 is 20.3 Å². The molecule has 0 aliphatic carbocycles. The average molecular weight is 455 g/mol. The third-order valence-corrected chi connectivity index (χ3v) is 6.27. The molecule has 2 amide bonds. The Balaban J connectivity index is 1.55. The first kappa shape index (κ1) is 22.2. The molecule has 32 heavy (non-hydrogen) atoms. The number of urea groups is 1. The van der Waals surface area contributed by atoms with Gasteiger partial charge in [0.05, 0.1) is 18.7 Å². The zero-order chi connectivity index (χ0) is 22.7. The summed E-state index contributed by atoms with van der Waals surface area (Å²) in [6.45, 7) is 5.88. The van der Waals surface area contributed by atoms with Crippen LogP contribution in [0.25, 0.3) is 0 Å². The number of rotatable bonds is 5. The highest BCUT2D eigenvalue weighted by atomic mass is 35.5. The fourth-order valence-corrected chi connectivity index (χ4v) is 4.42. The summed E-state index contributed by atoms with van der Waals surface area (Å²) >= 11 is 6.38. The van der Waals surface area contributed by atoms with E-state index in [0.29, 0.717) is 28.4 Å². The first-order valence-electron chi connectivity index (χ1n) is 10.6. The Morgan fingerprint density at radius 2 is 1.78 bits per heavy atom. The van der Waals surface area contributed by atoms with Crippen LogP contribution in [-0.2, 0) is 9.53 Å². The van der Waals surface area contributed by atoms with Gasteiger partial charge in [-0.05, 0) is 30.7 Å². The lowest BCUT2D eigenvalue weighted by molar-refractivity contribution is -0.136. The highest BCUT2D eigenvalue weighted by Crippen LogP contribution is 2.32. The maximum atomic E-state index is 12.7. The molecular formula is C24H27ClN4O3. The number of carbonyl (C=O) groups is 2. The highest BCUT2D eigenvalue weighted by molar-refractivity contribution is 6.31. The normalized spacial score (nSPS) is 19.4. The van der Waals surface area contributed by atoms with Crippen LogP contribution in [0.5, 0.6) is 0 Å². The van der Waals surface area contributed by atoms with E-state index < -0.39 is 12.0 Å². The number of ether oxygens (including phenoxy) is 1. The quantitative estimate of drug-likeness (QED) is 0.678.